The Hall–Kier alpha value is -1.30. The zero-order chi connectivity index (χ0) is 18.1. The molecule has 144 valence electrons. The van der Waals surface area contributed by atoms with Gasteiger partial charge in [-0.05, 0) is 38.0 Å². The van der Waals surface area contributed by atoms with Gasteiger partial charge >= 0.3 is 0 Å². The fourth-order valence-corrected chi connectivity index (χ4v) is 3.78. The third-order valence-electron chi connectivity index (χ3n) is 5.43. The van der Waals surface area contributed by atoms with E-state index in [2.05, 4.69) is 23.8 Å². The Morgan fingerprint density at radius 1 is 1.04 bits per heavy atom. The Labute approximate surface area is 153 Å². The zero-order valence-corrected chi connectivity index (χ0v) is 16.2. The predicted octanol–water partition coefficient (Wildman–Crippen LogP) is 3.91. The molecule has 25 heavy (non-hydrogen) atoms. The normalized spacial score (nSPS) is 26.6. The summed E-state index contributed by atoms with van der Waals surface area (Å²) in [7, 11) is 0. The summed E-state index contributed by atoms with van der Waals surface area (Å²) in [5.74, 6) is 1.34. The van der Waals surface area contributed by atoms with Crippen LogP contribution in [0.5, 0.6) is 0 Å². The molecular formula is C19H37N5O. The van der Waals surface area contributed by atoms with Gasteiger partial charge in [-0.25, -0.2) is 4.99 Å². The maximum Gasteiger partial charge on any atom is 0.226 e. The van der Waals surface area contributed by atoms with E-state index in [0.717, 1.165) is 38.0 Å². The predicted molar refractivity (Wildman–Crippen MR) is 104 cm³/mol. The molecule has 1 aliphatic heterocycles. The van der Waals surface area contributed by atoms with Crippen LogP contribution in [0.2, 0.25) is 0 Å². The number of hydrogen-bond acceptors (Lipinski definition) is 6. The average molecular weight is 352 g/mol. The Morgan fingerprint density at radius 3 is 2.28 bits per heavy atom. The molecule has 6 heteroatoms. The van der Waals surface area contributed by atoms with Crippen molar-refractivity contribution in [1.29, 1.82) is 0 Å². The smallest absolute Gasteiger partial charge is 0.226 e. The molecule has 2 rings (SSSR count). The Kier molecular flexibility index (Phi) is 8.00. The maximum absolute atomic E-state index is 6.11. The van der Waals surface area contributed by atoms with E-state index in [1.807, 2.05) is 0 Å². The molecule has 1 heterocycles. The standard InChI is InChI=1S/C19H37N5O/c1-3-4-5-6-7-8-9-10-15-25-24-18(21)22-17(20)23-19(24)13-11-16(2)12-14-19/h16H,3-15H2,1-2H3,(H4,20,21,22,23). The number of guanidine groups is 2. The number of hydrogen-bond donors (Lipinski definition) is 2. The molecule has 2 aliphatic rings. The van der Waals surface area contributed by atoms with Crippen LogP contribution >= 0.6 is 0 Å². The number of aliphatic imine (C=N–C) groups is 2. The molecule has 0 aromatic heterocycles. The molecule has 0 radical (unpaired) electrons. The van der Waals surface area contributed by atoms with Crippen LogP contribution in [0.15, 0.2) is 9.98 Å². The van der Waals surface area contributed by atoms with Crippen molar-refractivity contribution in [2.75, 3.05) is 6.61 Å². The highest BCUT2D eigenvalue weighted by atomic mass is 16.7. The largest absolute Gasteiger partial charge is 0.368 e. The summed E-state index contributed by atoms with van der Waals surface area (Å²) in [6, 6.07) is 0. The first-order valence-corrected chi connectivity index (χ1v) is 10.2. The summed E-state index contributed by atoms with van der Waals surface area (Å²) < 4.78 is 0. The molecular weight excluding hydrogens is 314 g/mol. The van der Waals surface area contributed by atoms with Crippen molar-refractivity contribution in [2.45, 2.75) is 96.6 Å². The summed E-state index contributed by atoms with van der Waals surface area (Å²) in [6.45, 7) is 5.20. The van der Waals surface area contributed by atoms with Crippen LogP contribution in [-0.2, 0) is 4.84 Å². The Balaban J connectivity index is 1.74. The first-order valence-electron chi connectivity index (χ1n) is 10.2. The molecule has 0 aromatic carbocycles. The van der Waals surface area contributed by atoms with Crippen LogP contribution < -0.4 is 11.5 Å². The number of rotatable bonds is 10. The van der Waals surface area contributed by atoms with Gasteiger partial charge < -0.3 is 11.5 Å². The van der Waals surface area contributed by atoms with Crippen molar-refractivity contribution in [1.82, 2.24) is 5.06 Å². The van der Waals surface area contributed by atoms with E-state index in [1.165, 1.54) is 44.9 Å². The highest BCUT2D eigenvalue weighted by Crippen LogP contribution is 2.39. The Bertz CT molecular complexity index is 455. The first-order chi connectivity index (χ1) is 12.1. The number of nitrogens with two attached hydrogens (primary N) is 2. The van der Waals surface area contributed by atoms with Gasteiger partial charge in [-0.15, -0.1) is 0 Å². The highest BCUT2D eigenvalue weighted by molar-refractivity contribution is 5.95. The molecule has 1 saturated carbocycles. The van der Waals surface area contributed by atoms with Crippen LogP contribution in [0.4, 0.5) is 0 Å². The monoisotopic (exact) mass is 351 g/mol. The molecule has 0 atom stereocenters. The lowest BCUT2D eigenvalue weighted by molar-refractivity contribution is -0.179. The van der Waals surface area contributed by atoms with Gasteiger partial charge in [0.1, 0.15) is 0 Å². The number of hydroxylamine groups is 2. The summed E-state index contributed by atoms with van der Waals surface area (Å²) in [5.41, 5.74) is 11.5. The van der Waals surface area contributed by atoms with E-state index >= 15 is 0 Å². The molecule has 1 fully saturated rings. The van der Waals surface area contributed by atoms with E-state index in [0.29, 0.717) is 12.6 Å². The van der Waals surface area contributed by atoms with E-state index in [9.17, 15) is 0 Å². The third-order valence-corrected chi connectivity index (χ3v) is 5.43. The third kappa shape index (κ3) is 5.87. The molecule has 0 bridgehead atoms. The van der Waals surface area contributed by atoms with Gasteiger partial charge in [0.2, 0.25) is 11.9 Å². The molecule has 0 unspecified atom stereocenters. The second-order valence-electron chi connectivity index (χ2n) is 7.71. The van der Waals surface area contributed by atoms with Gasteiger partial charge in [-0.1, -0.05) is 58.8 Å². The summed E-state index contributed by atoms with van der Waals surface area (Å²) in [6.07, 6.45) is 14.3. The van der Waals surface area contributed by atoms with E-state index in [4.69, 9.17) is 16.3 Å². The lowest BCUT2D eigenvalue weighted by atomic mass is 9.82. The number of unbranched alkanes of at least 4 members (excludes halogenated alkanes) is 7. The second-order valence-corrected chi connectivity index (χ2v) is 7.71. The fourth-order valence-electron chi connectivity index (χ4n) is 3.78. The van der Waals surface area contributed by atoms with Crippen molar-refractivity contribution in [3.05, 3.63) is 0 Å². The molecule has 0 saturated heterocycles. The SMILES string of the molecule is CCCCCCCCCCON1C(N)=NC(N)=NC12CCC(C)CC2. The van der Waals surface area contributed by atoms with Gasteiger partial charge in [0.25, 0.3) is 0 Å². The van der Waals surface area contributed by atoms with Crippen LogP contribution in [-0.4, -0.2) is 29.3 Å². The molecule has 1 aliphatic carbocycles. The molecule has 0 amide bonds. The number of nitrogens with zero attached hydrogens (tertiary/aromatic N) is 3. The average Bonchev–Trinajstić information content (AvgIpc) is 2.58. The van der Waals surface area contributed by atoms with Crippen molar-refractivity contribution in [3.63, 3.8) is 0 Å². The molecule has 4 N–H and O–H groups in total. The highest BCUT2D eigenvalue weighted by Gasteiger charge is 2.44. The van der Waals surface area contributed by atoms with Crippen LogP contribution in [0.25, 0.3) is 0 Å². The zero-order valence-electron chi connectivity index (χ0n) is 16.2. The van der Waals surface area contributed by atoms with Gasteiger partial charge in [0, 0.05) is 0 Å². The molecule has 6 nitrogen and oxygen atoms in total. The van der Waals surface area contributed by atoms with Crippen LogP contribution in [0.1, 0.15) is 90.9 Å². The summed E-state index contributed by atoms with van der Waals surface area (Å²) >= 11 is 0. The minimum Gasteiger partial charge on any atom is -0.368 e. The maximum atomic E-state index is 6.11. The quantitative estimate of drug-likeness (QED) is 0.584. The van der Waals surface area contributed by atoms with Gasteiger partial charge in [0.05, 0.1) is 6.61 Å². The molecule has 1 spiro atoms. The van der Waals surface area contributed by atoms with Crippen molar-refractivity contribution >= 4 is 11.9 Å². The summed E-state index contributed by atoms with van der Waals surface area (Å²) in [5, 5.41) is 1.75. The lowest BCUT2D eigenvalue weighted by Gasteiger charge is -2.45. The minimum absolute atomic E-state index is 0.277. The fraction of sp³-hybridized carbons (Fsp3) is 0.895. The van der Waals surface area contributed by atoms with E-state index < -0.39 is 5.66 Å². The lowest BCUT2D eigenvalue weighted by Crippen LogP contribution is -2.58. The van der Waals surface area contributed by atoms with Crippen LogP contribution in [0, 0.1) is 5.92 Å². The van der Waals surface area contributed by atoms with Crippen LogP contribution in [0.3, 0.4) is 0 Å². The Morgan fingerprint density at radius 2 is 1.64 bits per heavy atom. The van der Waals surface area contributed by atoms with Crippen molar-refractivity contribution < 1.29 is 4.84 Å². The topological polar surface area (TPSA) is 89.2 Å². The molecule has 0 aromatic rings. The van der Waals surface area contributed by atoms with Gasteiger partial charge in [-0.2, -0.15) is 10.1 Å². The minimum atomic E-state index is -0.442. The van der Waals surface area contributed by atoms with E-state index in [-0.39, 0.29) is 5.96 Å². The van der Waals surface area contributed by atoms with Crippen molar-refractivity contribution in [2.24, 2.45) is 27.4 Å². The van der Waals surface area contributed by atoms with E-state index in [1.54, 1.807) is 5.06 Å². The summed E-state index contributed by atoms with van der Waals surface area (Å²) in [4.78, 5) is 14.8. The van der Waals surface area contributed by atoms with Gasteiger partial charge in [-0.3, -0.25) is 4.84 Å². The second kappa shape index (κ2) is 10.00. The van der Waals surface area contributed by atoms with Gasteiger partial charge in [0.15, 0.2) is 5.66 Å². The first kappa shape index (κ1) is 20.0. The van der Waals surface area contributed by atoms with Crippen molar-refractivity contribution in [3.8, 4) is 0 Å².